The first-order chi connectivity index (χ1) is 37.0. The van der Waals surface area contributed by atoms with Crippen LogP contribution in [0.25, 0.3) is 0 Å². The molecular formula is C69H114O6. The number of carbonyl (C=O) groups is 3. The van der Waals surface area contributed by atoms with Crippen molar-refractivity contribution in [1.82, 2.24) is 0 Å². The van der Waals surface area contributed by atoms with Crippen molar-refractivity contribution >= 4 is 17.9 Å². The standard InChI is InChI=1S/C69H114O6/c1-4-7-10-13-16-19-22-25-27-28-29-30-31-32-33-34-35-36-37-38-39-40-42-44-47-50-53-56-59-62-68(71)74-65-66(64-73-67(70)61-58-55-52-49-46-43-24-21-18-15-12-9-6-3)75-69(72)63-60-57-54-51-48-45-41-26-23-20-17-14-11-8-5-2/h7-8,10-11,16-17,19-21,24-27,29-30,32-33,41,48,51,66H,4-6,9,12-15,18,22-23,28,31,34-40,42-47,49-50,52-65H2,1-3H3/b10-7-,11-8-,19-16-,20-17-,24-21-,27-25-,30-29-,33-32-,41-26-,51-48-. The highest BCUT2D eigenvalue weighted by Gasteiger charge is 2.19. The zero-order valence-corrected chi connectivity index (χ0v) is 48.8. The van der Waals surface area contributed by atoms with Gasteiger partial charge in [0.25, 0.3) is 0 Å². The number of allylic oxidation sites excluding steroid dienone is 20. The van der Waals surface area contributed by atoms with Gasteiger partial charge in [-0.05, 0) is 128 Å². The van der Waals surface area contributed by atoms with E-state index in [1.807, 2.05) is 0 Å². The van der Waals surface area contributed by atoms with Crippen molar-refractivity contribution in [3.8, 4) is 0 Å². The molecule has 0 aromatic heterocycles. The molecule has 75 heavy (non-hydrogen) atoms. The molecule has 0 bridgehead atoms. The summed E-state index contributed by atoms with van der Waals surface area (Å²) in [5.74, 6) is -0.949. The number of carbonyl (C=O) groups excluding carboxylic acids is 3. The SMILES string of the molecule is CC/C=C\C/C=C\C/C=C\C/C=C\C/C=C\CCCCCCCCCCCCCCCC(=O)OCC(COC(=O)CCCCCCC/C=C\CCCCCC)OC(=O)CCCC/C=C\C/C=C\C/C=C\C/C=C\CC. The van der Waals surface area contributed by atoms with Crippen LogP contribution in [-0.4, -0.2) is 37.2 Å². The van der Waals surface area contributed by atoms with E-state index >= 15 is 0 Å². The molecule has 0 saturated heterocycles. The Morgan fingerprint density at radius 3 is 0.853 bits per heavy atom. The van der Waals surface area contributed by atoms with Crippen molar-refractivity contribution < 1.29 is 28.6 Å². The van der Waals surface area contributed by atoms with Gasteiger partial charge in [0.2, 0.25) is 0 Å². The fourth-order valence-corrected chi connectivity index (χ4v) is 8.34. The molecule has 1 atom stereocenters. The maximum absolute atomic E-state index is 12.8. The number of unbranched alkanes of at least 4 members (excludes halogenated alkanes) is 24. The molecule has 426 valence electrons. The van der Waals surface area contributed by atoms with E-state index in [-0.39, 0.29) is 37.5 Å². The van der Waals surface area contributed by atoms with Crippen LogP contribution in [0.15, 0.2) is 122 Å². The highest BCUT2D eigenvalue weighted by molar-refractivity contribution is 5.71. The Kier molecular flexibility index (Phi) is 58.9. The Morgan fingerprint density at radius 2 is 0.520 bits per heavy atom. The molecule has 0 saturated carbocycles. The molecule has 0 radical (unpaired) electrons. The van der Waals surface area contributed by atoms with E-state index in [9.17, 15) is 14.4 Å². The second kappa shape index (κ2) is 62.4. The molecule has 0 spiro atoms. The summed E-state index contributed by atoms with van der Waals surface area (Å²) in [6.45, 7) is 6.36. The summed E-state index contributed by atoms with van der Waals surface area (Å²) in [6.07, 6.45) is 86.4. The number of ether oxygens (including phenoxy) is 3. The molecule has 6 nitrogen and oxygen atoms in total. The maximum atomic E-state index is 12.8. The van der Waals surface area contributed by atoms with E-state index in [0.717, 1.165) is 122 Å². The van der Waals surface area contributed by atoms with E-state index in [2.05, 4.69) is 142 Å². The minimum Gasteiger partial charge on any atom is -0.462 e. The van der Waals surface area contributed by atoms with Gasteiger partial charge in [0.1, 0.15) is 13.2 Å². The van der Waals surface area contributed by atoms with E-state index in [4.69, 9.17) is 14.2 Å². The van der Waals surface area contributed by atoms with E-state index in [1.54, 1.807) is 0 Å². The fourth-order valence-electron chi connectivity index (χ4n) is 8.34. The average molecular weight is 1040 g/mol. The van der Waals surface area contributed by atoms with Crippen molar-refractivity contribution in [2.75, 3.05) is 13.2 Å². The first-order valence-electron chi connectivity index (χ1n) is 31.0. The van der Waals surface area contributed by atoms with Crippen LogP contribution in [0.2, 0.25) is 0 Å². The van der Waals surface area contributed by atoms with Gasteiger partial charge in [0.05, 0.1) is 0 Å². The van der Waals surface area contributed by atoms with Crippen LogP contribution in [-0.2, 0) is 28.6 Å². The second-order valence-electron chi connectivity index (χ2n) is 20.2. The number of hydrogen-bond donors (Lipinski definition) is 0. The zero-order chi connectivity index (χ0) is 54.3. The first kappa shape index (κ1) is 70.8. The Hall–Kier alpha value is -4.19. The lowest BCUT2D eigenvalue weighted by molar-refractivity contribution is -0.167. The topological polar surface area (TPSA) is 78.9 Å². The molecule has 0 aromatic rings. The van der Waals surface area contributed by atoms with Crippen LogP contribution in [0.5, 0.6) is 0 Å². The Bertz CT molecular complexity index is 1570. The number of esters is 3. The van der Waals surface area contributed by atoms with Gasteiger partial charge in [-0.3, -0.25) is 14.4 Å². The van der Waals surface area contributed by atoms with Gasteiger partial charge in [-0.2, -0.15) is 0 Å². The van der Waals surface area contributed by atoms with Crippen LogP contribution < -0.4 is 0 Å². The van der Waals surface area contributed by atoms with Crippen LogP contribution in [0.4, 0.5) is 0 Å². The van der Waals surface area contributed by atoms with Gasteiger partial charge in [-0.1, -0.05) is 251 Å². The fraction of sp³-hybridized carbons (Fsp3) is 0.667. The monoisotopic (exact) mass is 1040 g/mol. The summed E-state index contributed by atoms with van der Waals surface area (Å²) >= 11 is 0. The molecule has 0 N–H and O–H groups in total. The lowest BCUT2D eigenvalue weighted by atomic mass is 10.0. The summed E-state index contributed by atoms with van der Waals surface area (Å²) in [7, 11) is 0. The van der Waals surface area contributed by atoms with Gasteiger partial charge < -0.3 is 14.2 Å². The molecular weight excluding hydrogens is 925 g/mol. The molecule has 0 fully saturated rings. The summed E-state index contributed by atoms with van der Waals surface area (Å²) < 4.78 is 16.8. The second-order valence-corrected chi connectivity index (χ2v) is 20.2. The molecule has 6 heteroatoms. The summed E-state index contributed by atoms with van der Waals surface area (Å²) in [6, 6.07) is 0. The molecule has 0 aliphatic carbocycles. The molecule has 0 heterocycles. The maximum Gasteiger partial charge on any atom is 0.306 e. The smallest absolute Gasteiger partial charge is 0.306 e. The molecule has 0 aliphatic rings. The summed E-state index contributed by atoms with van der Waals surface area (Å²) in [4.78, 5) is 38.2. The van der Waals surface area contributed by atoms with E-state index < -0.39 is 6.10 Å². The van der Waals surface area contributed by atoms with E-state index in [0.29, 0.717) is 19.3 Å². The lowest BCUT2D eigenvalue weighted by Crippen LogP contribution is -2.30. The van der Waals surface area contributed by atoms with Crippen molar-refractivity contribution in [3.63, 3.8) is 0 Å². The van der Waals surface area contributed by atoms with Crippen LogP contribution in [0.1, 0.15) is 278 Å². The molecule has 0 rings (SSSR count). The summed E-state index contributed by atoms with van der Waals surface area (Å²) in [5.41, 5.74) is 0. The van der Waals surface area contributed by atoms with Gasteiger partial charge in [-0.15, -0.1) is 0 Å². The van der Waals surface area contributed by atoms with Crippen molar-refractivity contribution in [3.05, 3.63) is 122 Å². The number of hydrogen-bond acceptors (Lipinski definition) is 6. The van der Waals surface area contributed by atoms with Crippen molar-refractivity contribution in [1.29, 1.82) is 0 Å². The quantitative estimate of drug-likeness (QED) is 0.0261. The predicted octanol–water partition coefficient (Wildman–Crippen LogP) is 21.2. The normalized spacial score (nSPS) is 12.9. The van der Waals surface area contributed by atoms with Crippen LogP contribution in [0.3, 0.4) is 0 Å². The zero-order valence-electron chi connectivity index (χ0n) is 48.8. The van der Waals surface area contributed by atoms with Crippen LogP contribution >= 0.6 is 0 Å². The van der Waals surface area contributed by atoms with Gasteiger partial charge >= 0.3 is 17.9 Å². The van der Waals surface area contributed by atoms with E-state index in [1.165, 1.54) is 109 Å². The Balaban J connectivity index is 4.29. The highest BCUT2D eigenvalue weighted by Crippen LogP contribution is 2.15. The Labute approximate surface area is 462 Å². The minimum atomic E-state index is -0.806. The average Bonchev–Trinajstić information content (AvgIpc) is 3.41. The lowest BCUT2D eigenvalue weighted by Gasteiger charge is -2.18. The summed E-state index contributed by atoms with van der Waals surface area (Å²) in [5, 5.41) is 0. The third-order valence-corrected chi connectivity index (χ3v) is 12.9. The molecule has 0 aromatic carbocycles. The third-order valence-electron chi connectivity index (χ3n) is 12.9. The van der Waals surface area contributed by atoms with Gasteiger partial charge in [0, 0.05) is 19.3 Å². The molecule has 0 amide bonds. The highest BCUT2D eigenvalue weighted by atomic mass is 16.6. The van der Waals surface area contributed by atoms with Crippen LogP contribution in [0, 0.1) is 0 Å². The molecule has 0 aliphatic heterocycles. The third kappa shape index (κ3) is 60.6. The minimum absolute atomic E-state index is 0.0991. The largest absolute Gasteiger partial charge is 0.462 e. The van der Waals surface area contributed by atoms with Crippen molar-refractivity contribution in [2.24, 2.45) is 0 Å². The Morgan fingerprint density at radius 1 is 0.280 bits per heavy atom. The van der Waals surface area contributed by atoms with Gasteiger partial charge in [0.15, 0.2) is 6.10 Å². The predicted molar refractivity (Wildman–Crippen MR) is 325 cm³/mol. The first-order valence-corrected chi connectivity index (χ1v) is 31.0. The molecule has 1 unspecified atom stereocenters. The van der Waals surface area contributed by atoms with Gasteiger partial charge in [-0.25, -0.2) is 0 Å². The number of rotatable bonds is 55. The van der Waals surface area contributed by atoms with Crippen molar-refractivity contribution in [2.45, 2.75) is 284 Å².